The first kappa shape index (κ1) is 21.2. The van der Waals surface area contributed by atoms with Crippen molar-refractivity contribution in [1.29, 1.82) is 0 Å². The molecule has 0 aliphatic heterocycles. The SMILES string of the molecule is O=C(NCC1=CCCCC1)c1ncccc1NC(=O)c1ccc(C(=O)O)c2ccccc12. The summed E-state index contributed by atoms with van der Waals surface area (Å²) in [5, 5.41) is 16.1. The first-order valence-electron chi connectivity index (χ1n) is 10.5. The fourth-order valence-corrected chi connectivity index (χ4v) is 3.90. The number of carbonyl (C=O) groups is 3. The van der Waals surface area contributed by atoms with Gasteiger partial charge in [-0.2, -0.15) is 0 Å². The first-order chi connectivity index (χ1) is 15.5. The van der Waals surface area contributed by atoms with Gasteiger partial charge in [-0.05, 0) is 60.7 Å². The van der Waals surface area contributed by atoms with Gasteiger partial charge in [0.05, 0.1) is 11.3 Å². The number of hydrogen-bond acceptors (Lipinski definition) is 4. The molecule has 1 heterocycles. The lowest BCUT2D eigenvalue weighted by Crippen LogP contribution is -2.28. The van der Waals surface area contributed by atoms with Gasteiger partial charge in [0.25, 0.3) is 11.8 Å². The lowest BCUT2D eigenvalue weighted by molar-refractivity contribution is 0.0698. The zero-order valence-corrected chi connectivity index (χ0v) is 17.4. The average Bonchev–Trinajstić information content (AvgIpc) is 2.82. The van der Waals surface area contributed by atoms with E-state index in [0.29, 0.717) is 28.6 Å². The van der Waals surface area contributed by atoms with E-state index in [-0.39, 0.29) is 17.2 Å². The van der Waals surface area contributed by atoms with Gasteiger partial charge in [-0.3, -0.25) is 9.59 Å². The summed E-state index contributed by atoms with van der Waals surface area (Å²) in [6, 6.07) is 13.0. The Labute approximate surface area is 185 Å². The molecule has 7 heteroatoms. The van der Waals surface area contributed by atoms with E-state index < -0.39 is 11.9 Å². The summed E-state index contributed by atoms with van der Waals surface area (Å²) in [5.41, 5.74) is 2.06. The van der Waals surface area contributed by atoms with Crippen LogP contribution >= 0.6 is 0 Å². The van der Waals surface area contributed by atoms with Crippen molar-refractivity contribution in [3.8, 4) is 0 Å². The van der Waals surface area contributed by atoms with Crippen molar-refractivity contribution >= 4 is 34.2 Å². The smallest absolute Gasteiger partial charge is 0.336 e. The molecular weight excluding hydrogens is 406 g/mol. The summed E-state index contributed by atoms with van der Waals surface area (Å²) in [6.07, 6.45) is 7.98. The van der Waals surface area contributed by atoms with E-state index in [1.807, 2.05) is 0 Å². The minimum Gasteiger partial charge on any atom is -0.478 e. The Kier molecular flexibility index (Phi) is 6.26. The van der Waals surface area contributed by atoms with Crippen molar-refractivity contribution in [2.75, 3.05) is 11.9 Å². The number of carboxylic acids is 1. The van der Waals surface area contributed by atoms with Gasteiger partial charge < -0.3 is 15.7 Å². The number of allylic oxidation sites excluding steroid dienone is 1. The molecule has 32 heavy (non-hydrogen) atoms. The van der Waals surface area contributed by atoms with E-state index >= 15 is 0 Å². The molecule has 162 valence electrons. The number of fused-ring (bicyclic) bond motifs is 1. The van der Waals surface area contributed by atoms with Crippen LogP contribution in [-0.2, 0) is 0 Å². The maximum Gasteiger partial charge on any atom is 0.336 e. The summed E-state index contributed by atoms with van der Waals surface area (Å²) in [5.74, 6) is -1.87. The molecule has 0 saturated carbocycles. The third kappa shape index (κ3) is 4.51. The summed E-state index contributed by atoms with van der Waals surface area (Å²) in [6.45, 7) is 0.462. The number of benzene rings is 2. The normalized spacial score (nSPS) is 13.3. The second-order valence-corrected chi connectivity index (χ2v) is 7.66. The van der Waals surface area contributed by atoms with Crippen LogP contribution in [0.2, 0.25) is 0 Å². The van der Waals surface area contributed by atoms with Gasteiger partial charge in [0.15, 0.2) is 5.69 Å². The van der Waals surface area contributed by atoms with Crippen molar-refractivity contribution in [3.63, 3.8) is 0 Å². The number of amides is 2. The topological polar surface area (TPSA) is 108 Å². The molecule has 0 fully saturated rings. The van der Waals surface area contributed by atoms with Gasteiger partial charge in [-0.1, -0.05) is 35.9 Å². The number of carboxylic acid groups (broad SMARTS) is 1. The molecule has 0 spiro atoms. The fraction of sp³-hybridized carbons (Fsp3) is 0.200. The Hall–Kier alpha value is -4.00. The number of aromatic carboxylic acids is 1. The number of carbonyl (C=O) groups excluding carboxylic acids is 2. The highest BCUT2D eigenvalue weighted by Gasteiger charge is 2.19. The van der Waals surface area contributed by atoms with Gasteiger partial charge in [0.2, 0.25) is 0 Å². The number of nitrogens with one attached hydrogen (secondary N) is 2. The zero-order valence-electron chi connectivity index (χ0n) is 17.4. The van der Waals surface area contributed by atoms with Crippen LogP contribution in [0.1, 0.15) is 56.9 Å². The lowest BCUT2D eigenvalue weighted by atomic mass is 9.99. The molecule has 1 aliphatic rings. The molecule has 1 aromatic heterocycles. The van der Waals surface area contributed by atoms with Gasteiger partial charge in [-0.15, -0.1) is 0 Å². The Morgan fingerprint density at radius 2 is 1.66 bits per heavy atom. The largest absolute Gasteiger partial charge is 0.478 e. The van der Waals surface area contributed by atoms with Crippen LogP contribution in [0.5, 0.6) is 0 Å². The van der Waals surface area contributed by atoms with Crippen LogP contribution in [0.15, 0.2) is 66.4 Å². The molecule has 2 aromatic carbocycles. The molecule has 4 rings (SSSR count). The second-order valence-electron chi connectivity index (χ2n) is 7.66. The minimum atomic E-state index is -1.06. The number of hydrogen-bond donors (Lipinski definition) is 3. The zero-order chi connectivity index (χ0) is 22.5. The molecule has 0 radical (unpaired) electrons. The summed E-state index contributed by atoms with van der Waals surface area (Å²) < 4.78 is 0. The third-order valence-corrected chi connectivity index (χ3v) is 5.53. The monoisotopic (exact) mass is 429 g/mol. The molecule has 0 bridgehead atoms. The highest BCUT2D eigenvalue weighted by Crippen LogP contribution is 2.24. The van der Waals surface area contributed by atoms with Gasteiger partial charge in [0, 0.05) is 18.3 Å². The number of nitrogens with zero attached hydrogens (tertiary/aromatic N) is 1. The molecule has 0 saturated heterocycles. The number of rotatable bonds is 6. The Morgan fingerprint density at radius 3 is 2.38 bits per heavy atom. The van der Waals surface area contributed by atoms with E-state index in [2.05, 4.69) is 21.7 Å². The number of aromatic nitrogens is 1. The van der Waals surface area contributed by atoms with Gasteiger partial charge in [0.1, 0.15) is 0 Å². The van der Waals surface area contributed by atoms with E-state index in [1.165, 1.54) is 30.3 Å². The predicted molar refractivity (Wildman–Crippen MR) is 122 cm³/mol. The average molecular weight is 429 g/mol. The molecule has 7 nitrogen and oxygen atoms in total. The van der Waals surface area contributed by atoms with Crippen molar-refractivity contribution in [2.24, 2.45) is 0 Å². The molecule has 2 amide bonds. The highest BCUT2D eigenvalue weighted by molar-refractivity contribution is 6.17. The summed E-state index contributed by atoms with van der Waals surface area (Å²) >= 11 is 0. The standard InChI is InChI=1S/C25H23N3O4/c29-23(19-12-13-20(25(31)32)18-10-5-4-9-17(18)19)28-21-11-6-14-26-22(21)24(30)27-15-16-7-2-1-3-8-16/h4-7,9-14H,1-3,8,15H2,(H,27,30)(H,28,29)(H,31,32). The van der Waals surface area contributed by atoms with Crippen molar-refractivity contribution in [3.05, 3.63) is 83.2 Å². The van der Waals surface area contributed by atoms with Crippen LogP contribution in [0.4, 0.5) is 5.69 Å². The quantitative estimate of drug-likeness (QED) is 0.503. The fourth-order valence-electron chi connectivity index (χ4n) is 3.90. The Balaban J connectivity index is 1.57. The summed E-state index contributed by atoms with van der Waals surface area (Å²) in [4.78, 5) is 41.5. The van der Waals surface area contributed by atoms with Crippen LogP contribution in [0, 0.1) is 0 Å². The van der Waals surface area contributed by atoms with Crippen LogP contribution in [0.25, 0.3) is 10.8 Å². The maximum atomic E-state index is 13.1. The molecule has 0 atom stereocenters. The first-order valence-corrected chi connectivity index (χ1v) is 10.5. The van der Waals surface area contributed by atoms with E-state index in [4.69, 9.17) is 0 Å². The van der Waals surface area contributed by atoms with Crippen LogP contribution in [-0.4, -0.2) is 34.4 Å². The molecule has 0 unspecified atom stereocenters. The predicted octanol–water partition coefficient (Wildman–Crippen LogP) is 4.42. The highest BCUT2D eigenvalue weighted by atomic mass is 16.4. The third-order valence-electron chi connectivity index (χ3n) is 5.53. The van der Waals surface area contributed by atoms with E-state index in [9.17, 15) is 19.5 Å². The van der Waals surface area contributed by atoms with Crippen molar-refractivity contribution in [2.45, 2.75) is 25.7 Å². The molecule has 3 aromatic rings. The molecular formula is C25H23N3O4. The minimum absolute atomic E-state index is 0.121. The van der Waals surface area contributed by atoms with Crippen molar-refractivity contribution < 1.29 is 19.5 Å². The second kappa shape index (κ2) is 9.43. The van der Waals surface area contributed by atoms with Crippen molar-refractivity contribution in [1.82, 2.24) is 10.3 Å². The molecule has 1 aliphatic carbocycles. The summed E-state index contributed by atoms with van der Waals surface area (Å²) in [7, 11) is 0. The maximum absolute atomic E-state index is 13.1. The molecule has 3 N–H and O–H groups in total. The number of pyridine rings is 1. The Bertz CT molecular complexity index is 1230. The van der Waals surface area contributed by atoms with Gasteiger partial charge in [-0.25, -0.2) is 9.78 Å². The van der Waals surface area contributed by atoms with Crippen LogP contribution < -0.4 is 10.6 Å². The number of anilines is 1. The van der Waals surface area contributed by atoms with E-state index in [1.54, 1.807) is 36.4 Å². The van der Waals surface area contributed by atoms with E-state index in [0.717, 1.165) is 19.3 Å². The van der Waals surface area contributed by atoms with Gasteiger partial charge >= 0.3 is 5.97 Å². The Morgan fingerprint density at radius 1 is 0.906 bits per heavy atom. The lowest BCUT2D eigenvalue weighted by Gasteiger charge is -2.15. The van der Waals surface area contributed by atoms with Crippen LogP contribution in [0.3, 0.4) is 0 Å².